The molecular weight excluding hydrogens is 208 g/mol. The molecule has 2 unspecified atom stereocenters. The van der Waals surface area contributed by atoms with Crippen LogP contribution in [0.4, 0.5) is 0 Å². The van der Waals surface area contributed by atoms with Gasteiger partial charge in [-0.15, -0.1) is 0 Å². The Labute approximate surface area is 92.5 Å². The molecule has 16 heavy (non-hydrogen) atoms. The van der Waals surface area contributed by atoms with E-state index < -0.39 is 11.9 Å². The molecule has 5 nitrogen and oxygen atoms in total. The van der Waals surface area contributed by atoms with Crippen LogP contribution in [0.3, 0.4) is 0 Å². The van der Waals surface area contributed by atoms with Crippen LogP contribution in [0.2, 0.25) is 0 Å². The van der Waals surface area contributed by atoms with Gasteiger partial charge in [-0.05, 0) is 24.1 Å². The predicted molar refractivity (Wildman–Crippen MR) is 55.3 cm³/mol. The number of carbonyl (C=O) groups is 2. The first-order chi connectivity index (χ1) is 7.68. The Bertz CT molecular complexity index is 405. The zero-order valence-corrected chi connectivity index (χ0v) is 8.59. The van der Waals surface area contributed by atoms with E-state index in [1.165, 1.54) is 0 Å². The molecule has 1 heterocycles. The smallest absolute Gasteiger partial charge is 0.307 e. The van der Waals surface area contributed by atoms with Gasteiger partial charge in [0.2, 0.25) is 5.91 Å². The average molecular weight is 220 g/mol. The number of rotatable bonds is 4. The normalized spacial score (nSPS) is 22.5. The molecule has 2 atom stereocenters. The Hall–Kier alpha value is -1.91. The van der Waals surface area contributed by atoms with E-state index in [2.05, 4.69) is 10.3 Å². The van der Waals surface area contributed by atoms with Gasteiger partial charge in [-0.1, -0.05) is 0 Å². The molecule has 0 radical (unpaired) electrons. The lowest BCUT2D eigenvalue weighted by Gasteiger charge is -2.03. The molecule has 1 fully saturated rings. The van der Waals surface area contributed by atoms with Gasteiger partial charge in [0.05, 0.1) is 11.8 Å². The molecule has 1 saturated carbocycles. The molecule has 5 heteroatoms. The molecule has 2 N–H and O–H groups in total. The molecule has 0 aromatic carbocycles. The summed E-state index contributed by atoms with van der Waals surface area (Å²) < 4.78 is 0. The van der Waals surface area contributed by atoms with Crippen molar-refractivity contribution in [3.63, 3.8) is 0 Å². The molecule has 1 aromatic rings. The highest BCUT2D eigenvalue weighted by molar-refractivity contribution is 5.89. The zero-order valence-electron chi connectivity index (χ0n) is 8.59. The van der Waals surface area contributed by atoms with Crippen molar-refractivity contribution in [1.29, 1.82) is 0 Å². The van der Waals surface area contributed by atoms with Gasteiger partial charge in [-0.3, -0.25) is 14.6 Å². The number of nitrogens with zero attached hydrogens (tertiary/aromatic N) is 1. The van der Waals surface area contributed by atoms with Crippen molar-refractivity contribution in [1.82, 2.24) is 10.3 Å². The van der Waals surface area contributed by atoms with Crippen LogP contribution in [-0.4, -0.2) is 22.0 Å². The summed E-state index contributed by atoms with van der Waals surface area (Å²) in [6.45, 7) is 0.421. The van der Waals surface area contributed by atoms with Gasteiger partial charge in [0.15, 0.2) is 0 Å². The molecule has 84 valence electrons. The number of aliphatic carboxylic acids is 1. The Kier molecular flexibility index (Phi) is 2.85. The number of carboxylic acid groups (broad SMARTS) is 1. The van der Waals surface area contributed by atoms with Crippen LogP contribution in [0.5, 0.6) is 0 Å². The molecule has 1 aliphatic carbocycles. The van der Waals surface area contributed by atoms with Crippen molar-refractivity contribution in [2.45, 2.75) is 13.0 Å². The second-order valence-corrected chi connectivity index (χ2v) is 3.86. The number of amides is 1. The number of nitrogens with one attached hydrogen (secondary N) is 1. The van der Waals surface area contributed by atoms with E-state index >= 15 is 0 Å². The third-order valence-electron chi connectivity index (χ3n) is 2.66. The van der Waals surface area contributed by atoms with Crippen molar-refractivity contribution >= 4 is 11.9 Å². The maximum absolute atomic E-state index is 11.5. The molecule has 1 aromatic heterocycles. The minimum atomic E-state index is -0.885. The zero-order chi connectivity index (χ0) is 11.5. The third kappa shape index (κ3) is 2.36. The highest BCUT2D eigenvalue weighted by Gasteiger charge is 2.48. The van der Waals surface area contributed by atoms with E-state index in [0.29, 0.717) is 13.0 Å². The SMILES string of the molecule is O=C(O)C1CC1C(=O)NCc1ccncc1. The summed E-state index contributed by atoms with van der Waals surface area (Å²) in [6.07, 6.45) is 3.76. The summed E-state index contributed by atoms with van der Waals surface area (Å²) in [5, 5.41) is 11.4. The summed E-state index contributed by atoms with van der Waals surface area (Å²) in [7, 11) is 0. The second kappa shape index (κ2) is 4.30. The Morgan fingerprint density at radius 1 is 1.38 bits per heavy atom. The van der Waals surface area contributed by atoms with Gasteiger partial charge in [0.1, 0.15) is 0 Å². The number of hydrogen-bond donors (Lipinski definition) is 2. The van der Waals surface area contributed by atoms with Gasteiger partial charge in [-0.2, -0.15) is 0 Å². The second-order valence-electron chi connectivity index (χ2n) is 3.86. The first-order valence-electron chi connectivity index (χ1n) is 5.08. The fraction of sp³-hybridized carbons (Fsp3) is 0.364. The highest BCUT2D eigenvalue weighted by atomic mass is 16.4. The quantitative estimate of drug-likeness (QED) is 0.770. The van der Waals surface area contributed by atoms with E-state index in [4.69, 9.17) is 5.11 Å². The van der Waals surface area contributed by atoms with E-state index in [9.17, 15) is 9.59 Å². The fourth-order valence-electron chi connectivity index (χ4n) is 1.58. The Morgan fingerprint density at radius 3 is 2.62 bits per heavy atom. The summed E-state index contributed by atoms with van der Waals surface area (Å²) in [4.78, 5) is 25.9. The molecule has 0 aliphatic heterocycles. The van der Waals surface area contributed by atoms with E-state index in [1.807, 2.05) is 12.1 Å². The monoisotopic (exact) mass is 220 g/mol. The maximum Gasteiger partial charge on any atom is 0.307 e. The lowest BCUT2D eigenvalue weighted by atomic mass is 10.2. The van der Waals surface area contributed by atoms with Crippen LogP contribution in [-0.2, 0) is 16.1 Å². The van der Waals surface area contributed by atoms with Crippen molar-refractivity contribution < 1.29 is 14.7 Å². The molecule has 0 saturated heterocycles. The van der Waals surface area contributed by atoms with Crippen molar-refractivity contribution in [3.05, 3.63) is 30.1 Å². The Balaban J connectivity index is 1.80. The standard InChI is InChI=1S/C11H12N2O3/c14-10(8-5-9(8)11(15)16)13-6-7-1-3-12-4-2-7/h1-4,8-9H,5-6H2,(H,13,14)(H,15,16). The van der Waals surface area contributed by atoms with Crippen molar-refractivity contribution in [3.8, 4) is 0 Å². The van der Waals surface area contributed by atoms with Crippen molar-refractivity contribution in [2.24, 2.45) is 11.8 Å². The molecule has 0 spiro atoms. The molecule has 0 bridgehead atoms. The van der Waals surface area contributed by atoms with Crippen LogP contribution >= 0.6 is 0 Å². The van der Waals surface area contributed by atoms with Crippen LogP contribution in [0.25, 0.3) is 0 Å². The number of hydrogen-bond acceptors (Lipinski definition) is 3. The predicted octanol–water partition coefficient (Wildman–Crippen LogP) is 0.418. The first-order valence-corrected chi connectivity index (χ1v) is 5.08. The van der Waals surface area contributed by atoms with Gasteiger partial charge in [-0.25, -0.2) is 0 Å². The number of carbonyl (C=O) groups excluding carboxylic acids is 1. The van der Waals surface area contributed by atoms with Gasteiger partial charge >= 0.3 is 5.97 Å². The highest BCUT2D eigenvalue weighted by Crippen LogP contribution is 2.38. The van der Waals surface area contributed by atoms with Crippen LogP contribution in [0, 0.1) is 11.8 Å². The van der Waals surface area contributed by atoms with Gasteiger partial charge in [0, 0.05) is 18.9 Å². The summed E-state index contributed by atoms with van der Waals surface area (Å²) >= 11 is 0. The molecular formula is C11H12N2O3. The van der Waals surface area contributed by atoms with Gasteiger partial charge < -0.3 is 10.4 Å². The number of aromatic nitrogens is 1. The lowest BCUT2D eigenvalue weighted by molar-refractivity contribution is -0.140. The Morgan fingerprint density at radius 2 is 2.06 bits per heavy atom. The fourth-order valence-corrected chi connectivity index (χ4v) is 1.58. The summed E-state index contributed by atoms with van der Waals surface area (Å²) in [6, 6.07) is 3.61. The summed E-state index contributed by atoms with van der Waals surface area (Å²) in [5.41, 5.74) is 0.955. The van der Waals surface area contributed by atoms with E-state index in [-0.39, 0.29) is 11.8 Å². The maximum atomic E-state index is 11.5. The number of pyridine rings is 1. The van der Waals surface area contributed by atoms with Crippen LogP contribution in [0.15, 0.2) is 24.5 Å². The van der Waals surface area contributed by atoms with E-state index in [0.717, 1.165) is 5.56 Å². The largest absolute Gasteiger partial charge is 0.481 e. The van der Waals surface area contributed by atoms with Crippen LogP contribution < -0.4 is 5.32 Å². The number of carboxylic acids is 1. The topological polar surface area (TPSA) is 79.3 Å². The molecule has 1 amide bonds. The minimum Gasteiger partial charge on any atom is -0.481 e. The van der Waals surface area contributed by atoms with Gasteiger partial charge in [0.25, 0.3) is 0 Å². The molecule has 1 aliphatic rings. The lowest BCUT2D eigenvalue weighted by Crippen LogP contribution is -2.25. The first kappa shape index (κ1) is 10.6. The van der Waals surface area contributed by atoms with Crippen LogP contribution in [0.1, 0.15) is 12.0 Å². The van der Waals surface area contributed by atoms with Crippen molar-refractivity contribution in [2.75, 3.05) is 0 Å². The molecule has 2 rings (SSSR count). The summed E-state index contributed by atoms with van der Waals surface area (Å²) in [5.74, 6) is -1.90. The average Bonchev–Trinajstić information content (AvgIpc) is 3.07. The van der Waals surface area contributed by atoms with E-state index in [1.54, 1.807) is 12.4 Å². The third-order valence-corrected chi connectivity index (χ3v) is 2.66. The minimum absolute atomic E-state index is 0.177.